The Balaban J connectivity index is 2.09. The molecule has 22 heavy (non-hydrogen) atoms. The summed E-state index contributed by atoms with van der Waals surface area (Å²) in [5.74, 6) is 0.432. The van der Waals surface area contributed by atoms with Gasteiger partial charge in [0.05, 0.1) is 17.8 Å². The Kier molecular flexibility index (Phi) is 5.11. The van der Waals surface area contributed by atoms with Crippen LogP contribution in [-0.2, 0) is 11.3 Å². The molecular weight excluding hydrogens is 284 g/mol. The second-order valence-corrected chi connectivity index (χ2v) is 4.86. The number of benzene rings is 1. The molecule has 0 radical (unpaired) electrons. The molecule has 1 heterocycles. The lowest BCUT2D eigenvalue weighted by atomic mass is 10.1. The third-order valence-corrected chi connectivity index (χ3v) is 3.22. The molecule has 0 saturated carbocycles. The number of primary amides is 1. The number of hydrogen-bond donors (Lipinski definition) is 2. The van der Waals surface area contributed by atoms with Crippen LogP contribution < -0.4 is 11.1 Å². The number of hydrogen-bond acceptors (Lipinski definition) is 6. The number of nitrogens with two attached hydrogens (primary N) is 1. The lowest BCUT2D eigenvalue weighted by Gasteiger charge is -2.11. The number of nitrogens with zero attached hydrogens (tertiary/aromatic N) is 2. The first-order chi connectivity index (χ1) is 10.5. The SMILES string of the molecule is CCO[C@@H](C)c1noc(CNc2c(C)cccc2C(N)=O)n1. The molecule has 0 unspecified atom stereocenters. The van der Waals surface area contributed by atoms with Crippen molar-refractivity contribution in [3.8, 4) is 0 Å². The fraction of sp³-hybridized carbons (Fsp3) is 0.400. The van der Waals surface area contributed by atoms with Crippen molar-refractivity contribution in [2.75, 3.05) is 11.9 Å². The zero-order chi connectivity index (χ0) is 16.1. The molecule has 1 atom stereocenters. The second-order valence-electron chi connectivity index (χ2n) is 4.86. The second kappa shape index (κ2) is 7.04. The Hall–Kier alpha value is -2.41. The van der Waals surface area contributed by atoms with E-state index >= 15 is 0 Å². The van der Waals surface area contributed by atoms with Crippen LogP contribution in [0.1, 0.15) is 47.6 Å². The first-order valence-electron chi connectivity index (χ1n) is 7.10. The number of carbonyl (C=O) groups excluding carboxylic acids is 1. The van der Waals surface area contributed by atoms with Crippen LogP contribution in [0.15, 0.2) is 22.7 Å². The van der Waals surface area contributed by atoms with Gasteiger partial charge in [-0.15, -0.1) is 0 Å². The maximum atomic E-state index is 11.5. The van der Waals surface area contributed by atoms with Gasteiger partial charge >= 0.3 is 0 Å². The highest BCUT2D eigenvalue weighted by atomic mass is 16.5. The summed E-state index contributed by atoms with van der Waals surface area (Å²) in [6.07, 6.45) is -0.220. The largest absolute Gasteiger partial charge is 0.375 e. The van der Waals surface area contributed by atoms with Gasteiger partial charge in [0.1, 0.15) is 6.10 Å². The molecule has 118 valence electrons. The van der Waals surface area contributed by atoms with Crippen molar-refractivity contribution in [1.82, 2.24) is 10.1 Å². The Morgan fingerprint density at radius 2 is 2.27 bits per heavy atom. The van der Waals surface area contributed by atoms with Crippen molar-refractivity contribution < 1.29 is 14.1 Å². The molecule has 7 nitrogen and oxygen atoms in total. The first kappa shape index (κ1) is 16.0. The molecular formula is C15H20N4O3. The third kappa shape index (κ3) is 3.62. The molecule has 1 aromatic carbocycles. The van der Waals surface area contributed by atoms with E-state index in [1.165, 1.54) is 0 Å². The van der Waals surface area contributed by atoms with Crippen LogP contribution in [-0.4, -0.2) is 22.7 Å². The summed E-state index contributed by atoms with van der Waals surface area (Å²) in [5, 5.41) is 7.01. The number of aryl methyl sites for hydroxylation is 1. The van der Waals surface area contributed by atoms with E-state index in [1.54, 1.807) is 12.1 Å². The minimum absolute atomic E-state index is 0.220. The van der Waals surface area contributed by atoms with E-state index in [0.717, 1.165) is 5.56 Å². The van der Waals surface area contributed by atoms with Gasteiger partial charge in [0, 0.05) is 6.61 Å². The summed E-state index contributed by atoms with van der Waals surface area (Å²) < 4.78 is 10.6. The van der Waals surface area contributed by atoms with Crippen molar-refractivity contribution in [3.63, 3.8) is 0 Å². The van der Waals surface area contributed by atoms with E-state index in [1.807, 2.05) is 26.8 Å². The molecule has 1 aromatic heterocycles. The number of ether oxygens (including phenoxy) is 1. The van der Waals surface area contributed by atoms with Gasteiger partial charge in [-0.1, -0.05) is 17.3 Å². The molecule has 0 saturated heterocycles. The quantitative estimate of drug-likeness (QED) is 0.812. The summed E-state index contributed by atoms with van der Waals surface area (Å²) in [6, 6.07) is 5.36. The molecule has 2 aromatic rings. The molecule has 3 N–H and O–H groups in total. The van der Waals surface area contributed by atoms with Gasteiger partial charge in [-0.25, -0.2) is 0 Å². The van der Waals surface area contributed by atoms with Crippen molar-refractivity contribution in [2.45, 2.75) is 33.4 Å². The Labute approximate surface area is 128 Å². The van der Waals surface area contributed by atoms with Crippen LogP contribution in [0.25, 0.3) is 0 Å². The summed E-state index contributed by atoms with van der Waals surface area (Å²) in [7, 11) is 0. The number of anilines is 1. The van der Waals surface area contributed by atoms with Gasteiger partial charge in [-0.05, 0) is 32.4 Å². The van der Waals surface area contributed by atoms with Crippen molar-refractivity contribution in [3.05, 3.63) is 41.0 Å². The number of carbonyl (C=O) groups is 1. The van der Waals surface area contributed by atoms with Crippen molar-refractivity contribution in [1.29, 1.82) is 0 Å². The molecule has 0 fully saturated rings. The Morgan fingerprint density at radius 1 is 1.50 bits per heavy atom. The third-order valence-electron chi connectivity index (χ3n) is 3.22. The molecule has 2 rings (SSSR count). The van der Waals surface area contributed by atoms with Crippen LogP contribution in [0, 0.1) is 6.92 Å². The highest BCUT2D eigenvalue weighted by molar-refractivity contribution is 5.99. The van der Waals surface area contributed by atoms with E-state index in [4.69, 9.17) is 15.0 Å². The zero-order valence-electron chi connectivity index (χ0n) is 12.9. The minimum atomic E-state index is -0.484. The number of para-hydroxylation sites is 1. The molecule has 0 aliphatic carbocycles. The standard InChI is InChI=1S/C15H20N4O3/c1-4-21-10(3)15-18-12(22-19-15)8-17-13-9(2)6-5-7-11(13)14(16)20/h5-7,10,17H,4,8H2,1-3H3,(H2,16,20)/t10-/m0/s1. The van der Waals surface area contributed by atoms with E-state index in [2.05, 4.69) is 15.5 Å². The lowest BCUT2D eigenvalue weighted by Crippen LogP contribution is -2.15. The molecule has 0 aliphatic heterocycles. The van der Waals surface area contributed by atoms with Gasteiger partial charge in [0.25, 0.3) is 5.91 Å². The Morgan fingerprint density at radius 3 is 2.95 bits per heavy atom. The smallest absolute Gasteiger partial charge is 0.250 e. The predicted molar refractivity (Wildman–Crippen MR) is 81.4 cm³/mol. The van der Waals surface area contributed by atoms with E-state index < -0.39 is 5.91 Å². The lowest BCUT2D eigenvalue weighted by molar-refractivity contribution is 0.0683. The average Bonchev–Trinajstić information content (AvgIpc) is 2.95. The molecule has 0 bridgehead atoms. The van der Waals surface area contributed by atoms with E-state index in [0.29, 0.717) is 36.1 Å². The van der Waals surface area contributed by atoms with Crippen molar-refractivity contribution >= 4 is 11.6 Å². The van der Waals surface area contributed by atoms with Gasteiger partial charge in [0.15, 0.2) is 5.82 Å². The maximum absolute atomic E-state index is 11.5. The number of aromatic nitrogens is 2. The van der Waals surface area contributed by atoms with Gasteiger partial charge in [0.2, 0.25) is 5.89 Å². The zero-order valence-corrected chi connectivity index (χ0v) is 12.9. The first-order valence-corrected chi connectivity index (χ1v) is 7.10. The van der Waals surface area contributed by atoms with Gasteiger partial charge in [-0.3, -0.25) is 4.79 Å². The number of amides is 1. The molecule has 7 heteroatoms. The van der Waals surface area contributed by atoms with Gasteiger partial charge in [-0.2, -0.15) is 4.98 Å². The summed E-state index contributed by atoms with van der Waals surface area (Å²) in [4.78, 5) is 15.7. The normalized spacial score (nSPS) is 12.1. The minimum Gasteiger partial charge on any atom is -0.375 e. The summed E-state index contributed by atoms with van der Waals surface area (Å²) >= 11 is 0. The maximum Gasteiger partial charge on any atom is 0.250 e. The van der Waals surface area contributed by atoms with Crippen LogP contribution in [0.2, 0.25) is 0 Å². The molecule has 0 aliphatic rings. The van der Waals surface area contributed by atoms with Crippen LogP contribution in [0.4, 0.5) is 5.69 Å². The van der Waals surface area contributed by atoms with E-state index in [9.17, 15) is 4.79 Å². The number of nitrogens with one attached hydrogen (secondary N) is 1. The van der Waals surface area contributed by atoms with Gasteiger partial charge < -0.3 is 20.3 Å². The summed E-state index contributed by atoms with van der Waals surface area (Å²) in [5.41, 5.74) is 7.40. The monoisotopic (exact) mass is 304 g/mol. The predicted octanol–water partition coefficient (Wildman–Crippen LogP) is 2.19. The van der Waals surface area contributed by atoms with Crippen LogP contribution in [0.5, 0.6) is 0 Å². The molecule has 1 amide bonds. The summed E-state index contributed by atoms with van der Waals surface area (Å²) in [6.45, 7) is 6.54. The average molecular weight is 304 g/mol. The number of rotatable bonds is 7. The Bertz CT molecular complexity index is 654. The van der Waals surface area contributed by atoms with Crippen molar-refractivity contribution in [2.24, 2.45) is 5.73 Å². The fourth-order valence-electron chi connectivity index (χ4n) is 2.10. The van der Waals surface area contributed by atoms with Crippen LogP contribution in [0.3, 0.4) is 0 Å². The van der Waals surface area contributed by atoms with Crippen LogP contribution >= 0.6 is 0 Å². The highest BCUT2D eigenvalue weighted by Crippen LogP contribution is 2.21. The highest BCUT2D eigenvalue weighted by Gasteiger charge is 2.15. The van der Waals surface area contributed by atoms with E-state index in [-0.39, 0.29) is 6.10 Å². The molecule has 0 spiro atoms. The fourth-order valence-corrected chi connectivity index (χ4v) is 2.10. The topological polar surface area (TPSA) is 103 Å².